The molecule has 0 radical (unpaired) electrons. The van der Waals surface area contributed by atoms with Crippen molar-refractivity contribution in [2.45, 2.75) is 13.5 Å². The molecule has 0 fully saturated rings. The largest absolute Gasteiger partial charge is 0.493 e. The van der Waals surface area contributed by atoms with Crippen LogP contribution in [0.2, 0.25) is 0 Å². The predicted octanol–water partition coefficient (Wildman–Crippen LogP) is 3.19. The second-order valence-electron chi connectivity index (χ2n) is 4.03. The standard InChI is InChI=1S/C14H15F2N3O2/c1-3-17-13-12(18-6-7-19-13)9-4-5-10(20-2)11(8-9)21-14(15)16/h4-8,14H,3H2,1-2H3,(H,17,19). The van der Waals surface area contributed by atoms with Crippen molar-refractivity contribution in [1.82, 2.24) is 9.97 Å². The first-order chi connectivity index (χ1) is 10.2. The molecule has 5 nitrogen and oxygen atoms in total. The SMILES string of the molecule is CCNc1nccnc1-c1ccc(OC)c(OC(F)F)c1. The van der Waals surface area contributed by atoms with E-state index in [4.69, 9.17) is 4.74 Å². The number of methoxy groups -OCH3 is 1. The average molecular weight is 295 g/mol. The van der Waals surface area contributed by atoms with Crippen LogP contribution in [-0.4, -0.2) is 30.2 Å². The maximum atomic E-state index is 12.5. The minimum atomic E-state index is -2.93. The lowest BCUT2D eigenvalue weighted by Gasteiger charge is -2.13. The van der Waals surface area contributed by atoms with E-state index in [1.54, 1.807) is 18.3 Å². The number of aromatic nitrogens is 2. The first kappa shape index (κ1) is 15.0. The maximum Gasteiger partial charge on any atom is 0.387 e. The zero-order chi connectivity index (χ0) is 15.2. The van der Waals surface area contributed by atoms with Crippen LogP contribution in [0.25, 0.3) is 11.3 Å². The van der Waals surface area contributed by atoms with Gasteiger partial charge in [-0.3, -0.25) is 4.98 Å². The van der Waals surface area contributed by atoms with Gasteiger partial charge in [0, 0.05) is 24.5 Å². The van der Waals surface area contributed by atoms with Gasteiger partial charge in [-0.05, 0) is 25.1 Å². The third kappa shape index (κ3) is 3.56. The topological polar surface area (TPSA) is 56.3 Å². The monoisotopic (exact) mass is 295 g/mol. The molecule has 2 aromatic rings. The van der Waals surface area contributed by atoms with E-state index < -0.39 is 6.61 Å². The smallest absolute Gasteiger partial charge is 0.387 e. The summed E-state index contributed by atoms with van der Waals surface area (Å²) in [5.41, 5.74) is 1.16. The van der Waals surface area contributed by atoms with Gasteiger partial charge < -0.3 is 14.8 Å². The molecule has 0 spiro atoms. The van der Waals surface area contributed by atoms with Gasteiger partial charge in [-0.1, -0.05) is 0 Å². The van der Waals surface area contributed by atoms with Crippen LogP contribution in [0.4, 0.5) is 14.6 Å². The van der Waals surface area contributed by atoms with Gasteiger partial charge in [0.25, 0.3) is 0 Å². The second-order valence-corrected chi connectivity index (χ2v) is 4.03. The normalized spacial score (nSPS) is 10.5. The molecule has 112 valence electrons. The van der Waals surface area contributed by atoms with E-state index in [9.17, 15) is 8.78 Å². The molecule has 7 heteroatoms. The number of hydrogen-bond donors (Lipinski definition) is 1. The van der Waals surface area contributed by atoms with Crippen LogP contribution in [0, 0.1) is 0 Å². The van der Waals surface area contributed by atoms with Crippen LogP contribution in [0.5, 0.6) is 11.5 Å². The number of alkyl halides is 2. The van der Waals surface area contributed by atoms with E-state index in [1.165, 1.54) is 19.4 Å². The third-order valence-corrected chi connectivity index (χ3v) is 2.70. The summed E-state index contributed by atoms with van der Waals surface area (Å²) in [6, 6.07) is 4.72. The zero-order valence-corrected chi connectivity index (χ0v) is 11.6. The minimum absolute atomic E-state index is 0.0434. The molecule has 0 bridgehead atoms. The van der Waals surface area contributed by atoms with E-state index in [0.29, 0.717) is 23.6 Å². The first-order valence-electron chi connectivity index (χ1n) is 6.33. The van der Waals surface area contributed by atoms with E-state index in [-0.39, 0.29) is 11.5 Å². The van der Waals surface area contributed by atoms with Crippen molar-refractivity contribution in [3.05, 3.63) is 30.6 Å². The Bertz CT molecular complexity index is 609. The zero-order valence-electron chi connectivity index (χ0n) is 11.6. The summed E-state index contributed by atoms with van der Waals surface area (Å²) in [6.45, 7) is -0.329. The van der Waals surface area contributed by atoms with Crippen molar-refractivity contribution in [3.63, 3.8) is 0 Å². The number of anilines is 1. The number of ether oxygens (including phenoxy) is 2. The molecular weight excluding hydrogens is 280 g/mol. The molecule has 0 atom stereocenters. The molecule has 0 saturated heterocycles. The number of nitrogens with zero attached hydrogens (tertiary/aromatic N) is 2. The van der Waals surface area contributed by atoms with Gasteiger partial charge >= 0.3 is 6.61 Å². The van der Waals surface area contributed by atoms with E-state index >= 15 is 0 Å². The summed E-state index contributed by atoms with van der Waals surface area (Å²) in [4.78, 5) is 8.42. The fourth-order valence-electron chi connectivity index (χ4n) is 1.86. The van der Waals surface area contributed by atoms with Crippen LogP contribution in [-0.2, 0) is 0 Å². The number of hydrogen-bond acceptors (Lipinski definition) is 5. The minimum Gasteiger partial charge on any atom is -0.493 e. The molecule has 0 saturated carbocycles. The van der Waals surface area contributed by atoms with Gasteiger partial charge in [0.15, 0.2) is 17.3 Å². The lowest BCUT2D eigenvalue weighted by Crippen LogP contribution is -2.05. The van der Waals surface area contributed by atoms with Gasteiger partial charge in [0.05, 0.1) is 7.11 Å². The summed E-state index contributed by atoms with van der Waals surface area (Å²) in [5.74, 6) is 0.763. The second kappa shape index (κ2) is 6.83. The Balaban J connectivity index is 2.45. The lowest BCUT2D eigenvalue weighted by molar-refractivity contribution is -0.0511. The fourth-order valence-corrected chi connectivity index (χ4v) is 1.86. The number of halogens is 2. The Morgan fingerprint density at radius 3 is 2.62 bits per heavy atom. The van der Waals surface area contributed by atoms with Crippen LogP contribution < -0.4 is 14.8 Å². The van der Waals surface area contributed by atoms with E-state index in [1.807, 2.05) is 6.92 Å². The molecule has 1 aromatic heterocycles. The van der Waals surface area contributed by atoms with Gasteiger partial charge in [-0.25, -0.2) is 4.98 Å². The molecule has 1 N–H and O–H groups in total. The van der Waals surface area contributed by atoms with Crippen molar-refractivity contribution < 1.29 is 18.3 Å². The number of benzene rings is 1. The van der Waals surface area contributed by atoms with Crippen molar-refractivity contribution in [1.29, 1.82) is 0 Å². The van der Waals surface area contributed by atoms with Crippen molar-refractivity contribution in [2.24, 2.45) is 0 Å². The molecule has 2 rings (SSSR count). The Labute approximate surface area is 120 Å². The van der Waals surface area contributed by atoms with Crippen LogP contribution >= 0.6 is 0 Å². The summed E-state index contributed by atoms with van der Waals surface area (Å²) < 4.78 is 34.4. The molecular formula is C14H15F2N3O2. The summed E-state index contributed by atoms with van der Waals surface area (Å²) in [5, 5.41) is 3.07. The maximum absolute atomic E-state index is 12.5. The molecule has 1 heterocycles. The summed E-state index contributed by atoms with van der Waals surface area (Å²) >= 11 is 0. The molecule has 1 aromatic carbocycles. The first-order valence-corrected chi connectivity index (χ1v) is 6.33. The fraction of sp³-hybridized carbons (Fsp3) is 0.286. The Hall–Kier alpha value is -2.44. The van der Waals surface area contributed by atoms with Gasteiger partial charge in [-0.15, -0.1) is 0 Å². The van der Waals surface area contributed by atoms with Crippen molar-refractivity contribution >= 4 is 5.82 Å². The molecule has 0 unspecified atom stereocenters. The lowest BCUT2D eigenvalue weighted by atomic mass is 10.1. The van der Waals surface area contributed by atoms with E-state index in [2.05, 4.69) is 20.0 Å². The molecule has 0 aliphatic heterocycles. The predicted molar refractivity (Wildman–Crippen MR) is 74.8 cm³/mol. The van der Waals surface area contributed by atoms with Crippen molar-refractivity contribution in [2.75, 3.05) is 19.0 Å². The quantitative estimate of drug-likeness (QED) is 0.887. The highest BCUT2D eigenvalue weighted by Gasteiger charge is 2.14. The van der Waals surface area contributed by atoms with Crippen LogP contribution in [0.15, 0.2) is 30.6 Å². The molecule has 21 heavy (non-hydrogen) atoms. The van der Waals surface area contributed by atoms with Gasteiger partial charge in [0.2, 0.25) is 0 Å². The summed E-state index contributed by atoms with van der Waals surface area (Å²) in [6.07, 6.45) is 3.09. The van der Waals surface area contributed by atoms with Gasteiger partial charge in [-0.2, -0.15) is 8.78 Å². The van der Waals surface area contributed by atoms with E-state index in [0.717, 1.165) is 0 Å². The molecule has 0 aliphatic rings. The Morgan fingerprint density at radius 2 is 1.95 bits per heavy atom. The Morgan fingerprint density at radius 1 is 1.19 bits per heavy atom. The molecule has 0 amide bonds. The van der Waals surface area contributed by atoms with Crippen molar-refractivity contribution in [3.8, 4) is 22.8 Å². The number of rotatable bonds is 6. The highest BCUT2D eigenvalue weighted by atomic mass is 19.3. The molecule has 0 aliphatic carbocycles. The van der Waals surface area contributed by atoms with Crippen LogP contribution in [0.3, 0.4) is 0 Å². The average Bonchev–Trinajstić information content (AvgIpc) is 2.47. The van der Waals surface area contributed by atoms with Crippen LogP contribution in [0.1, 0.15) is 6.92 Å². The number of nitrogens with one attached hydrogen (secondary N) is 1. The highest BCUT2D eigenvalue weighted by molar-refractivity contribution is 5.73. The Kier molecular flexibility index (Phi) is 4.86. The highest BCUT2D eigenvalue weighted by Crippen LogP contribution is 2.34. The summed E-state index contributed by atoms with van der Waals surface area (Å²) in [7, 11) is 1.39. The van der Waals surface area contributed by atoms with Gasteiger partial charge in [0.1, 0.15) is 5.69 Å². The third-order valence-electron chi connectivity index (χ3n) is 2.70.